The lowest BCUT2D eigenvalue weighted by Crippen LogP contribution is -2.10. The topological polar surface area (TPSA) is 51.2 Å². The number of anilines is 1. The van der Waals surface area contributed by atoms with Crippen molar-refractivity contribution in [2.24, 2.45) is 0 Å². The van der Waals surface area contributed by atoms with E-state index in [9.17, 15) is 4.79 Å². The summed E-state index contributed by atoms with van der Waals surface area (Å²) in [7, 11) is 1.32. The molecule has 0 aliphatic heterocycles. The second-order valence-electron chi connectivity index (χ2n) is 2.21. The highest BCUT2D eigenvalue weighted by Crippen LogP contribution is 2.30. The predicted octanol–water partition coefficient (Wildman–Crippen LogP) is 2.35. The summed E-state index contributed by atoms with van der Waals surface area (Å²) in [4.78, 5) is 15.0. The van der Waals surface area contributed by atoms with Crippen molar-refractivity contribution < 1.29 is 9.53 Å². The highest BCUT2D eigenvalue weighted by Gasteiger charge is 2.08. The minimum absolute atomic E-state index is 0.485. The molecule has 4 nitrogen and oxygen atoms in total. The summed E-state index contributed by atoms with van der Waals surface area (Å²) >= 11 is 3.06. The maximum absolute atomic E-state index is 10.8. The van der Waals surface area contributed by atoms with Gasteiger partial charge in [0.05, 0.1) is 17.0 Å². The Morgan fingerprint density at radius 3 is 2.85 bits per heavy atom. The molecule has 1 N–H and O–H groups in total. The number of thiazole rings is 1. The number of thioether (sulfide) groups is 1. The maximum atomic E-state index is 10.8. The monoisotopic (exact) mass is 218 g/mol. The number of aromatic nitrogens is 1. The lowest BCUT2D eigenvalue weighted by molar-refractivity contribution is 0.187. The number of aryl methyl sites for hydroxylation is 1. The molecule has 1 rings (SSSR count). The van der Waals surface area contributed by atoms with Gasteiger partial charge in [-0.1, -0.05) is 11.3 Å². The van der Waals surface area contributed by atoms with E-state index in [0.717, 1.165) is 9.90 Å². The average Bonchev–Trinajstić information content (AvgIpc) is 2.46. The summed E-state index contributed by atoms with van der Waals surface area (Å²) in [6.45, 7) is 1.91. The SMILES string of the molecule is COC(=O)Nc1nc(C)c(SC)s1. The fourth-order valence-corrected chi connectivity index (χ4v) is 2.36. The molecule has 0 fully saturated rings. The van der Waals surface area contributed by atoms with E-state index < -0.39 is 6.09 Å². The van der Waals surface area contributed by atoms with Gasteiger partial charge >= 0.3 is 6.09 Å². The van der Waals surface area contributed by atoms with E-state index in [0.29, 0.717) is 5.13 Å². The van der Waals surface area contributed by atoms with Crippen LogP contribution in [0.5, 0.6) is 0 Å². The number of carbonyl (C=O) groups is 1. The summed E-state index contributed by atoms with van der Waals surface area (Å²) < 4.78 is 5.55. The molecule has 13 heavy (non-hydrogen) atoms. The van der Waals surface area contributed by atoms with Gasteiger partial charge in [-0.05, 0) is 13.2 Å². The quantitative estimate of drug-likeness (QED) is 0.774. The third kappa shape index (κ3) is 2.60. The average molecular weight is 218 g/mol. The van der Waals surface area contributed by atoms with E-state index >= 15 is 0 Å². The number of hydrogen-bond donors (Lipinski definition) is 1. The minimum atomic E-state index is -0.485. The van der Waals surface area contributed by atoms with Gasteiger partial charge in [0.2, 0.25) is 0 Å². The van der Waals surface area contributed by atoms with Crippen molar-refractivity contribution in [2.75, 3.05) is 18.7 Å². The van der Waals surface area contributed by atoms with Crippen LogP contribution >= 0.6 is 23.1 Å². The molecule has 0 saturated carbocycles. The largest absolute Gasteiger partial charge is 0.453 e. The molecule has 1 aromatic heterocycles. The Hall–Kier alpha value is -0.750. The number of ether oxygens (including phenoxy) is 1. The second-order valence-corrected chi connectivity index (χ2v) is 4.29. The molecule has 1 aromatic rings. The standard InChI is InChI=1S/C7H10N2O2S2/c1-4-5(12-3)13-6(8-4)9-7(10)11-2/h1-3H3,(H,8,9,10). The van der Waals surface area contributed by atoms with E-state index in [-0.39, 0.29) is 0 Å². The van der Waals surface area contributed by atoms with Crippen LogP contribution in [0.3, 0.4) is 0 Å². The molecule has 0 saturated heterocycles. The number of amides is 1. The molecule has 0 spiro atoms. The second kappa shape index (κ2) is 4.48. The summed E-state index contributed by atoms with van der Waals surface area (Å²) in [5.74, 6) is 0. The van der Waals surface area contributed by atoms with E-state index in [1.807, 2.05) is 13.2 Å². The zero-order chi connectivity index (χ0) is 9.84. The molecule has 1 amide bonds. The number of rotatable bonds is 2. The fourth-order valence-electron chi connectivity index (χ4n) is 0.764. The van der Waals surface area contributed by atoms with Gasteiger partial charge in [-0.15, -0.1) is 11.8 Å². The van der Waals surface area contributed by atoms with Crippen molar-refractivity contribution in [2.45, 2.75) is 11.1 Å². The molecule has 0 radical (unpaired) electrons. The molecule has 0 aliphatic carbocycles. The zero-order valence-corrected chi connectivity index (χ0v) is 9.21. The summed E-state index contributed by atoms with van der Waals surface area (Å²) in [5, 5.41) is 3.10. The molecule has 0 atom stereocenters. The molecule has 0 aliphatic rings. The summed E-state index contributed by atoms with van der Waals surface area (Å²) in [6, 6.07) is 0. The number of nitrogens with one attached hydrogen (secondary N) is 1. The van der Waals surface area contributed by atoms with Crippen LogP contribution in [-0.2, 0) is 4.74 Å². The van der Waals surface area contributed by atoms with Crippen molar-refractivity contribution in [3.05, 3.63) is 5.69 Å². The van der Waals surface area contributed by atoms with Crippen LogP contribution in [0.15, 0.2) is 4.21 Å². The van der Waals surface area contributed by atoms with Crippen molar-refractivity contribution in [1.82, 2.24) is 4.98 Å². The van der Waals surface area contributed by atoms with Gasteiger partial charge in [0.15, 0.2) is 5.13 Å². The van der Waals surface area contributed by atoms with E-state index in [2.05, 4.69) is 15.0 Å². The van der Waals surface area contributed by atoms with Gasteiger partial charge in [0.1, 0.15) is 0 Å². The van der Waals surface area contributed by atoms with Gasteiger partial charge in [-0.25, -0.2) is 9.78 Å². The summed E-state index contributed by atoms with van der Waals surface area (Å²) in [6.07, 6.45) is 1.49. The van der Waals surface area contributed by atoms with Crippen molar-refractivity contribution in [3.63, 3.8) is 0 Å². The fraction of sp³-hybridized carbons (Fsp3) is 0.429. The molecule has 1 heterocycles. The summed E-state index contributed by atoms with van der Waals surface area (Å²) in [5.41, 5.74) is 0.934. The molecular weight excluding hydrogens is 208 g/mol. The molecule has 6 heteroatoms. The first-order valence-electron chi connectivity index (χ1n) is 3.53. The third-order valence-electron chi connectivity index (χ3n) is 1.33. The Kier molecular flexibility index (Phi) is 3.56. The number of nitrogens with zero attached hydrogens (tertiary/aromatic N) is 1. The Morgan fingerprint density at radius 1 is 1.69 bits per heavy atom. The van der Waals surface area contributed by atoms with E-state index in [4.69, 9.17) is 0 Å². The van der Waals surface area contributed by atoms with Crippen LogP contribution in [0.2, 0.25) is 0 Å². The molecule has 72 valence electrons. The van der Waals surface area contributed by atoms with Gasteiger partial charge in [0.25, 0.3) is 0 Å². The number of methoxy groups -OCH3 is 1. The highest BCUT2D eigenvalue weighted by atomic mass is 32.2. The van der Waals surface area contributed by atoms with Gasteiger partial charge in [-0.3, -0.25) is 5.32 Å². The zero-order valence-electron chi connectivity index (χ0n) is 7.58. The van der Waals surface area contributed by atoms with Crippen LogP contribution in [0, 0.1) is 6.92 Å². The highest BCUT2D eigenvalue weighted by molar-refractivity contribution is 8.00. The van der Waals surface area contributed by atoms with Crippen LogP contribution in [-0.4, -0.2) is 24.4 Å². The molecular formula is C7H10N2O2S2. The first-order chi connectivity index (χ1) is 6.17. The number of carbonyl (C=O) groups excluding carboxylic acids is 1. The number of hydrogen-bond acceptors (Lipinski definition) is 5. The Balaban J connectivity index is 2.73. The molecule has 0 unspecified atom stereocenters. The van der Waals surface area contributed by atoms with Gasteiger partial charge < -0.3 is 4.74 Å². The minimum Gasteiger partial charge on any atom is -0.453 e. The first-order valence-corrected chi connectivity index (χ1v) is 5.58. The lowest BCUT2D eigenvalue weighted by Gasteiger charge is -1.96. The Labute approximate surface area is 84.7 Å². The van der Waals surface area contributed by atoms with Crippen LogP contribution in [0.25, 0.3) is 0 Å². The van der Waals surface area contributed by atoms with Crippen LogP contribution < -0.4 is 5.32 Å². The Bertz CT molecular complexity index is 311. The third-order valence-corrected chi connectivity index (χ3v) is 3.62. The maximum Gasteiger partial charge on any atom is 0.413 e. The smallest absolute Gasteiger partial charge is 0.413 e. The van der Waals surface area contributed by atoms with Crippen molar-refractivity contribution in [1.29, 1.82) is 0 Å². The van der Waals surface area contributed by atoms with Gasteiger partial charge in [-0.2, -0.15) is 0 Å². The first kappa shape index (κ1) is 10.3. The van der Waals surface area contributed by atoms with Crippen molar-refractivity contribution >= 4 is 34.3 Å². The molecule has 0 aromatic carbocycles. The van der Waals surface area contributed by atoms with Crippen LogP contribution in [0.4, 0.5) is 9.93 Å². The Morgan fingerprint density at radius 2 is 2.38 bits per heavy atom. The predicted molar refractivity (Wildman–Crippen MR) is 54.7 cm³/mol. The van der Waals surface area contributed by atoms with Gasteiger partial charge in [0, 0.05) is 0 Å². The van der Waals surface area contributed by atoms with E-state index in [1.165, 1.54) is 18.4 Å². The normalized spacial score (nSPS) is 9.77. The van der Waals surface area contributed by atoms with E-state index in [1.54, 1.807) is 11.8 Å². The lowest BCUT2D eigenvalue weighted by atomic mass is 10.6. The van der Waals surface area contributed by atoms with Crippen LogP contribution in [0.1, 0.15) is 5.69 Å². The van der Waals surface area contributed by atoms with Crippen molar-refractivity contribution in [3.8, 4) is 0 Å². The molecule has 0 bridgehead atoms.